The second-order valence-corrected chi connectivity index (χ2v) is 8.10. The van der Waals surface area contributed by atoms with E-state index >= 15 is 0 Å². The van der Waals surface area contributed by atoms with Crippen molar-refractivity contribution in [1.82, 2.24) is 0 Å². The van der Waals surface area contributed by atoms with Crippen LogP contribution in [0.5, 0.6) is 0 Å². The van der Waals surface area contributed by atoms with Crippen molar-refractivity contribution in [3.8, 4) is 0 Å². The van der Waals surface area contributed by atoms with Crippen molar-refractivity contribution in [2.45, 2.75) is 60.5 Å². The Hall–Kier alpha value is -0.850. The van der Waals surface area contributed by atoms with Gasteiger partial charge in [0.1, 0.15) is 5.60 Å². The molecular formula is C17H27IO4. The van der Waals surface area contributed by atoms with E-state index in [1.807, 2.05) is 46.8 Å². The average molecular weight is 422 g/mol. The largest absolute Gasteiger partial charge is 0.453 e. The van der Waals surface area contributed by atoms with E-state index in [-0.39, 0.29) is 12.6 Å². The molecule has 126 valence electrons. The van der Waals surface area contributed by atoms with Crippen LogP contribution in [-0.4, -0.2) is 24.1 Å². The van der Waals surface area contributed by atoms with Crippen LogP contribution in [0.2, 0.25) is 0 Å². The molecule has 0 atom stereocenters. The van der Waals surface area contributed by atoms with Gasteiger partial charge in [0, 0.05) is 0 Å². The highest BCUT2D eigenvalue weighted by molar-refractivity contribution is 14.1. The zero-order valence-corrected chi connectivity index (χ0v) is 16.7. The molecule has 0 saturated heterocycles. The van der Waals surface area contributed by atoms with Crippen molar-refractivity contribution in [1.29, 1.82) is 0 Å². The average Bonchev–Trinajstić information content (AvgIpc) is 2.41. The van der Waals surface area contributed by atoms with Gasteiger partial charge in [0.2, 0.25) is 0 Å². The smallest absolute Gasteiger partial charge is 0.345 e. The fraction of sp³-hybridized carbons (Fsp3) is 0.647. The third kappa shape index (κ3) is 7.42. The number of halogens is 1. The topological polar surface area (TPSA) is 52.6 Å². The first-order valence-corrected chi connectivity index (χ1v) is 8.40. The van der Waals surface area contributed by atoms with Crippen molar-refractivity contribution in [3.63, 3.8) is 0 Å². The molecule has 0 amide bonds. The molecule has 0 fully saturated rings. The Balaban J connectivity index is 4.63. The van der Waals surface area contributed by atoms with Gasteiger partial charge < -0.3 is 9.47 Å². The summed E-state index contributed by atoms with van der Waals surface area (Å²) >= 11 is 2.21. The first-order valence-electron chi connectivity index (χ1n) is 7.32. The molecule has 4 nitrogen and oxygen atoms in total. The summed E-state index contributed by atoms with van der Waals surface area (Å²) in [5, 5.41) is 0. The Morgan fingerprint density at radius 1 is 1.09 bits per heavy atom. The normalized spacial score (nSPS) is 13.8. The Bertz CT molecular complexity index is 469. The Labute approximate surface area is 147 Å². The van der Waals surface area contributed by atoms with Crippen LogP contribution in [0.1, 0.15) is 54.9 Å². The minimum absolute atomic E-state index is 0.361. The van der Waals surface area contributed by atoms with Crippen molar-refractivity contribution < 1.29 is 19.1 Å². The van der Waals surface area contributed by atoms with Gasteiger partial charge in [-0.05, 0) is 79.7 Å². The summed E-state index contributed by atoms with van der Waals surface area (Å²) < 4.78 is 11.6. The monoisotopic (exact) mass is 422 g/mol. The van der Waals surface area contributed by atoms with Crippen LogP contribution < -0.4 is 0 Å². The summed E-state index contributed by atoms with van der Waals surface area (Å²) in [6.07, 6.45) is 4.52. The lowest BCUT2D eigenvalue weighted by atomic mass is 9.91. The van der Waals surface area contributed by atoms with Gasteiger partial charge in [0.15, 0.2) is 6.61 Å². The molecule has 0 saturated carbocycles. The summed E-state index contributed by atoms with van der Waals surface area (Å²) in [7, 11) is 0. The number of carbonyl (C=O) groups excluding carboxylic acids is 2. The predicted octanol–water partition coefficient (Wildman–Crippen LogP) is 4.57. The highest BCUT2D eigenvalue weighted by atomic mass is 127. The summed E-state index contributed by atoms with van der Waals surface area (Å²) in [6, 6.07) is 0. The third-order valence-corrected chi connectivity index (χ3v) is 4.00. The summed E-state index contributed by atoms with van der Waals surface area (Å²) in [6.45, 7) is 12.6. The van der Waals surface area contributed by atoms with Crippen LogP contribution in [0.3, 0.4) is 0 Å². The fourth-order valence-corrected chi connectivity index (χ4v) is 1.48. The van der Waals surface area contributed by atoms with Gasteiger partial charge in [-0.15, -0.1) is 0 Å². The molecule has 0 aromatic rings. The molecule has 0 radical (unpaired) electrons. The minimum Gasteiger partial charge on any atom is -0.453 e. The van der Waals surface area contributed by atoms with Crippen LogP contribution in [0, 0.1) is 5.41 Å². The molecule has 0 unspecified atom stereocenters. The number of ether oxygens (including phenoxy) is 2. The molecule has 0 aliphatic rings. The van der Waals surface area contributed by atoms with E-state index in [9.17, 15) is 9.59 Å². The maximum absolute atomic E-state index is 11.9. The second kappa shape index (κ2) is 8.70. The quantitative estimate of drug-likeness (QED) is 0.343. The molecule has 0 rings (SSSR count). The number of rotatable bonds is 7. The fourth-order valence-electron chi connectivity index (χ4n) is 1.30. The second-order valence-electron chi connectivity index (χ2n) is 6.40. The van der Waals surface area contributed by atoms with Crippen molar-refractivity contribution in [3.05, 3.63) is 21.3 Å². The van der Waals surface area contributed by atoms with E-state index in [4.69, 9.17) is 9.47 Å². The molecule has 0 aromatic heterocycles. The standard InChI is InChI=1S/C17H27IO4/c1-8-16(4,5)15(20)21-11-14(19)22-17(6,7)12(2)9-10-13(3)18/h9-10H,8,11H2,1-7H3/b12-9+,13-10+. The van der Waals surface area contributed by atoms with E-state index in [0.29, 0.717) is 6.42 Å². The molecule has 5 heteroatoms. The maximum atomic E-state index is 11.9. The number of hydrogen-bond donors (Lipinski definition) is 0. The molecule has 0 bridgehead atoms. The van der Waals surface area contributed by atoms with Gasteiger partial charge in [0.05, 0.1) is 5.41 Å². The molecule has 0 aromatic carbocycles. The Morgan fingerprint density at radius 3 is 2.09 bits per heavy atom. The van der Waals surface area contributed by atoms with Gasteiger partial charge in [0.25, 0.3) is 0 Å². The first kappa shape index (κ1) is 21.1. The van der Waals surface area contributed by atoms with Crippen LogP contribution in [0.4, 0.5) is 0 Å². The maximum Gasteiger partial charge on any atom is 0.345 e. The van der Waals surface area contributed by atoms with Gasteiger partial charge in [-0.25, -0.2) is 4.79 Å². The van der Waals surface area contributed by atoms with Crippen LogP contribution in [0.15, 0.2) is 21.3 Å². The van der Waals surface area contributed by atoms with E-state index in [1.165, 1.54) is 0 Å². The number of allylic oxidation sites excluding steroid dienone is 3. The number of carbonyl (C=O) groups is 2. The summed E-state index contributed by atoms with van der Waals surface area (Å²) in [4.78, 5) is 23.7. The van der Waals surface area contributed by atoms with Crippen molar-refractivity contribution in [2.24, 2.45) is 5.41 Å². The zero-order valence-electron chi connectivity index (χ0n) is 14.6. The van der Waals surface area contributed by atoms with E-state index < -0.39 is 17.0 Å². The third-order valence-electron chi connectivity index (χ3n) is 3.64. The van der Waals surface area contributed by atoms with Crippen LogP contribution >= 0.6 is 22.6 Å². The highest BCUT2D eigenvalue weighted by Crippen LogP contribution is 2.23. The molecule has 0 aliphatic heterocycles. The van der Waals surface area contributed by atoms with Gasteiger partial charge >= 0.3 is 11.9 Å². The van der Waals surface area contributed by atoms with Gasteiger partial charge in [-0.2, -0.15) is 0 Å². The highest BCUT2D eigenvalue weighted by Gasteiger charge is 2.29. The lowest BCUT2D eigenvalue weighted by molar-refractivity contribution is -0.169. The molecule has 0 N–H and O–H groups in total. The number of hydrogen-bond acceptors (Lipinski definition) is 4. The van der Waals surface area contributed by atoms with Crippen LogP contribution in [0.25, 0.3) is 0 Å². The molecular weight excluding hydrogens is 395 g/mol. The molecule has 0 aliphatic carbocycles. The molecule has 0 spiro atoms. The van der Waals surface area contributed by atoms with Gasteiger partial charge in [-0.3, -0.25) is 4.79 Å². The van der Waals surface area contributed by atoms with E-state index in [0.717, 1.165) is 9.15 Å². The van der Waals surface area contributed by atoms with Crippen molar-refractivity contribution in [2.75, 3.05) is 6.61 Å². The first-order chi connectivity index (χ1) is 9.92. The van der Waals surface area contributed by atoms with E-state index in [2.05, 4.69) is 22.6 Å². The summed E-state index contributed by atoms with van der Waals surface area (Å²) in [5.74, 6) is -0.936. The van der Waals surface area contributed by atoms with Crippen molar-refractivity contribution >= 4 is 34.5 Å². The Morgan fingerprint density at radius 2 is 1.64 bits per heavy atom. The SMILES string of the molecule is CCC(C)(C)C(=O)OCC(=O)OC(C)(C)/C(C)=C/C=C(\C)I. The zero-order chi connectivity index (χ0) is 17.6. The minimum atomic E-state index is -0.744. The molecule has 22 heavy (non-hydrogen) atoms. The van der Waals surface area contributed by atoms with Gasteiger partial charge in [-0.1, -0.05) is 19.1 Å². The lowest BCUT2D eigenvalue weighted by Gasteiger charge is -2.26. The van der Waals surface area contributed by atoms with Crippen LogP contribution in [-0.2, 0) is 19.1 Å². The Kier molecular flexibility index (Phi) is 8.36. The predicted molar refractivity (Wildman–Crippen MR) is 96.7 cm³/mol. The summed E-state index contributed by atoms with van der Waals surface area (Å²) in [5.41, 5.74) is -0.419. The lowest BCUT2D eigenvalue weighted by Crippen LogP contribution is -2.33. The number of esters is 2. The van der Waals surface area contributed by atoms with E-state index in [1.54, 1.807) is 13.8 Å². The molecule has 0 heterocycles.